The largest absolute Gasteiger partial charge is 0.351 e. The van der Waals surface area contributed by atoms with Crippen LogP contribution in [-0.2, 0) is 4.79 Å². The van der Waals surface area contributed by atoms with Crippen molar-refractivity contribution in [3.8, 4) is 0 Å². The van der Waals surface area contributed by atoms with E-state index in [4.69, 9.17) is 0 Å². The summed E-state index contributed by atoms with van der Waals surface area (Å²) in [5, 5.41) is 1.20. The van der Waals surface area contributed by atoms with Gasteiger partial charge in [-0.25, -0.2) is 0 Å². The van der Waals surface area contributed by atoms with E-state index in [0.29, 0.717) is 0 Å². The van der Waals surface area contributed by atoms with Crippen molar-refractivity contribution in [2.75, 3.05) is 14.1 Å². The standard InChI is InChI=1S/C9H7N.C3H7NO/c1-2-6-9-8(4-1)5-3-7-10-9;1-4(2)3-5/h1-7H;3H,1-2H3. The van der Waals surface area contributed by atoms with Gasteiger partial charge < -0.3 is 4.90 Å². The van der Waals surface area contributed by atoms with Crippen molar-refractivity contribution in [1.82, 2.24) is 9.88 Å². The highest BCUT2D eigenvalue weighted by Gasteiger charge is 1.86. The molecule has 15 heavy (non-hydrogen) atoms. The molecule has 0 spiro atoms. The van der Waals surface area contributed by atoms with Crippen LogP contribution < -0.4 is 0 Å². The molecule has 78 valence electrons. The van der Waals surface area contributed by atoms with E-state index in [-0.39, 0.29) is 0 Å². The zero-order valence-corrected chi connectivity index (χ0v) is 8.92. The summed E-state index contributed by atoms with van der Waals surface area (Å²) in [6.45, 7) is 0. The van der Waals surface area contributed by atoms with Crippen LogP contribution in [-0.4, -0.2) is 30.4 Å². The maximum atomic E-state index is 9.43. The van der Waals surface area contributed by atoms with E-state index >= 15 is 0 Å². The molecule has 2 aromatic rings. The van der Waals surface area contributed by atoms with Gasteiger partial charge in [0.2, 0.25) is 6.41 Å². The summed E-state index contributed by atoms with van der Waals surface area (Å²) in [7, 11) is 3.38. The number of hydrogen-bond acceptors (Lipinski definition) is 2. The molecule has 1 heterocycles. The molecule has 3 nitrogen and oxygen atoms in total. The molecule has 2 rings (SSSR count). The Morgan fingerprint density at radius 2 is 1.73 bits per heavy atom. The molecule has 0 aliphatic heterocycles. The van der Waals surface area contributed by atoms with Crippen molar-refractivity contribution in [2.45, 2.75) is 0 Å². The molecule has 0 aliphatic carbocycles. The second-order valence-electron chi connectivity index (χ2n) is 3.27. The summed E-state index contributed by atoms with van der Waals surface area (Å²) in [5.74, 6) is 0. The van der Waals surface area contributed by atoms with E-state index in [2.05, 4.69) is 17.1 Å². The number of amides is 1. The van der Waals surface area contributed by atoms with Gasteiger partial charge in [0.25, 0.3) is 0 Å². The first-order valence-electron chi connectivity index (χ1n) is 4.65. The second-order valence-corrected chi connectivity index (χ2v) is 3.27. The average Bonchev–Trinajstić information content (AvgIpc) is 2.30. The Balaban J connectivity index is 0.000000195. The van der Waals surface area contributed by atoms with Gasteiger partial charge in [-0.1, -0.05) is 24.3 Å². The van der Waals surface area contributed by atoms with Gasteiger partial charge in [0, 0.05) is 25.7 Å². The number of nitrogens with zero attached hydrogens (tertiary/aromatic N) is 2. The van der Waals surface area contributed by atoms with Crippen LogP contribution in [0, 0.1) is 0 Å². The van der Waals surface area contributed by atoms with E-state index in [1.54, 1.807) is 14.1 Å². The molecule has 0 unspecified atom stereocenters. The maximum Gasteiger partial charge on any atom is 0.209 e. The molecule has 0 aliphatic rings. The Labute approximate surface area is 89.4 Å². The monoisotopic (exact) mass is 202 g/mol. The van der Waals surface area contributed by atoms with Gasteiger partial charge in [0.1, 0.15) is 0 Å². The Morgan fingerprint density at radius 1 is 1.13 bits per heavy atom. The Kier molecular flexibility index (Phi) is 4.29. The number of rotatable bonds is 1. The van der Waals surface area contributed by atoms with Crippen LogP contribution in [0.25, 0.3) is 10.9 Å². The molecule has 0 N–H and O–H groups in total. The third kappa shape index (κ3) is 3.77. The first kappa shape index (κ1) is 11.2. The number of benzene rings is 1. The first-order chi connectivity index (χ1) is 7.24. The molecule has 3 heteroatoms. The molecule has 0 atom stereocenters. The fraction of sp³-hybridized carbons (Fsp3) is 0.167. The van der Waals surface area contributed by atoms with Crippen LogP contribution in [0.3, 0.4) is 0 Å². The molecular weight excluding hydrogens is 188 g/mol. The first-order valence-corrected chi connectivity index (χ1v) is 4.65. The molecule has 0 saturated heterocycles. The van der Waals surface area contributed by atoms with Gasteiger partial charge in [-0.15, -0.1) is 0 Å². The minimum Gasteiger partial charge on any atom is -0.351 e. The molecule has 0 fully saturated rings. The predicted octanol–water partition coefficient (Wildman–Crippen LogP) is 1.94. The SMILES string of the molecule is CN(C)C=O.c1ccc2ncccc2c1. The van der Waals surface area contributed by atoms with Crippen LogP contribution in [0.4, 0.5) is 0 Å². The van der Waals surface area contributed by atoms with Crippen molar-refractivity contribution >= 4 is 17.3 Å². The zero-order chi connectivity index (χ0) is 11.1. The van der Waals surface area contributed by atoms with Crippen molar-refractivity contribution in [3.63, 3.8) is 0 Å². The van der Waals surface area contributed by atoms with Gasteiger partial charge in [0.15, 0.2) is 0 Å². The summed E-state index contributed by atoms with van der Waals surface area (Å²) in [5.41, 5.74) is 1.06. The third-order valence-electron chi connectivity index (χ3n) is 1.72. The number of pyridine rings is 1. The van der Waals surface area contributed by atoms with E-state index in [0.717, 1.165) is 11.9 Å². The van der Waals surface area contributed by atoms with Gasteiger partial charge in [-0.3, -0.25) is 9.78 Å². The number of fused-ring (bicyclic) bond motifs is 1. The summed E-state index contributed by atoms with van der Waals surface area (Å²) in [4.78, 5) is 15.1. The number of para-hydroxylation sites is 1. The predicted molar refractivity (Wildman–Crippen MR) is 61.5 cm³/mol. The van der Waals surface area contributed by atoms with E-state index in [9.17, 15) is 4.79 Å². The number of carbonyl (C=O) groups is 1. The highest BCUT2D eigenvalue weighted by atomic mass is 16.1. The summed E-state index contributed by atoms with van der Waals surface area (Å²) < 4.78 is 0. The van der Waals surface area contributed by atoms with Gasteiger partial charge in [-0.2, -0.15) is 0 Å². The fourth-order valence-corrected chi connectivity index (χ4v) is 1.02. The quantitative estimate of drug-likeness (QED) is 0.662. The molecule has 0 radical (unpaired) electrons. The lowest BCUT2D eigenvalue weighted by Crippen LogP contribution is -2.06. The van der Waals surface area contributed by atoms with E-state index in [1.807, 2.05) is 30.5 Å². The fourth-order valence-electron chi connectivity index (χ4n) is 1.02. The van der Waals surface area contributed by atoms with Crippen molar-refractivity contribution in [2.24, 2.45) is 0 Å². The lowest BCUT2D eigenvalue weighted by Gasteiger charge is -1.93. The van der Waals surface area contributed by atoms with Crippen LogP contribution in [0.5, 0.6) is 0 Å². The highest BCUT2D eigenvalue weighted by molar-refractivity contribution is 5.77. The van der Waals surface area contributed by atoms with E-state index in [1.165, 1.54) is 10.3 Å². The van der Waals surface area contributed by atoms with Crippen LogP contribution >= 0.6 is 0 Å². The number of aromatic nitrogens is 1. The summed E-state index contributed by atoms with van der Waals surface area (Å²) in [6, 6.07) is 12.1. The normalized spacial score (nSPS) is 8.93. The number of hydrogen-bond donors (Lipinski definition) is 0. The molecule has 0 bridgehead atoms. The Morgan fingerprint density at radius 3 is 2.33 bits per heavy atom. The van der Waals surface area contributed by atoms with Gasteiger partial charge >= 0.3 is 0 Å². The molecule has 1 amide bonds. The summed E-state index contributed by atoms with van der Waals surface area (Å²) in [6.07, 6.45) is 2.56. The molecular formula is C12H14N2O. The average molecular weight is 202 g/mol. The highest BCUT2D eigenvalue weighted by Crippen LogP contribution is 2.07. The Hall–Kier alpha value is -1.90. The van der Waals surface area contributed by atoms with Gasteiger partial charge in [0.05, 0.1) is 5.52 Å². The Bertz CT molecular complexity index is 361. The molecule has 1 aromatic heterocycles. The van der Waals surface area contributed by atoms with Crippen molar-refractivity contribution < 1.29 is 4.79 Å². The topological polar surface area (TPSA) is 33.2 Å². The molecule has 1 aromatic carbocycles. The van der Waals surface area contributed by atoms with E-state index < -0.39 is 0 Å². The van der Waals surface area contributed by atoms with Crippen LogP contribution in [0.1, 0.15) is 0 Å². The minimum absolute atomic E-state index is 0.750. The van der Waals surface area contributed by atoms with Crippen molar-refractivity contribution in [3.05, 3.63) is 42.6 Å². The second kappa shape index (κ2) is 5.75. The molecule has 0 saturated carbocycles. The third-order valence-corrected chi connectivity index (χ3v) is 1.72. The lowest BCUT2D eigenvalue weighted by molar-refractivity contribution is -0.115. The van der Waals surface area contributed by atoms with Gasteiger partial charge in [-0.05, 0) is 12.1 Å². The maximum absolute atomic E-state index is 9.43. The van der Waals surface area contributed by atoms with Crippen molar-refractivity contribution in [1.29, 1.82) is 0 Å². The van der Waals surface area contributed by atoms with Crippen LogP contribution in [0.15, 0.2) is 42.6 Å². The van der Waals surface area contributed by atoms with Crippen LogP contribution in [0.2, 0.25) is 0 Å². The minimum atomic E-state index is 0.750. The summed E-state index contributed by atoms with van der Waals surface area (Å²) >= 11 is 0. The smallest absolute Gasteiger partial charge is 0.209 e. The zero-order valence-electron chi connectivity index (χ0n) is 8.92. The lowest BCUT2D eigenvalue weighted by atomic mass is 10.2. The number of carbonyl (C=O) groups excluding carboxylic acids is 1.